The summed E-state index contributed by atoms with van der Waals surface area (Å²) in [4.78, 5) is 4.34. The molecule has 2 aromatic carbocycles. The molecule has 3 aromatic rings. The fourth-order valence-electron chi connectivity index (χ4n) is 1.59. The Labute approximate surface area is 128 Å². The Morgan fingerprint density at radius 2 is 1.84 bits per heavy atom. The lowest BCUT2D eigenvalue weighted by atomic mass is 10.3. The number of thiazole rings is 1. The number of fused-ring (bicyclic) bond motifs is 1. The zero-order valence-electron chi connectivity index (χ0n) is 9.36. The molecule has 0 saturated carbocycles. The molecule has 3 rings (SSSR count). The summed E-state index contributed by atoms with van der Waals surface area (Å²) < 4.78 is 6.62. The maximum Gasteiger partial charge on any atom is 0.279 e. The van der Waals surface area contributed by atoms with Crippen LogP contribution in [0.3, 0.4) is 0 Å². The van der Waals surface area contributed by atoms with Crippen LogP contribution in [0.5, 0.6) is 10.9 Å². The molecule has 0 spiro atoms. The second-order valence-electron chi connectivity index (χ2n) is 3.74. The summed E-state index contributed by atoms with van der Waals surface area (Å²) in [6, 6.07) is 10.6. The van der Waals surface area contributed by atoms with Crippen molar-refractivity contribution in [1.82, 2.24) is 4.98 Å². The molecular formula is C13H6Cl3NOS. The maximum atomic E-state index is 6.07. The van der Waals surface area contributed by atoms with E-state index in [0.29, 0.717) is 26.0 Å². The van der Waals surface area contributed by atoms with Crippen LogP contribution in [0, 0.1) is 0 Å². The largest absolute Gasteiger partial charge is 0.429 e. The molecule has 0 amide bonds. The van der Waals surface area contributed by atoms with Gasteiger partial charge in [0.1, 0.15) is 11.3 Å². The molecule has 1 aromatic heterocycles. The summed E-state index contributed by atoms with van der Waals surface area (Å²) in [6.07, 6.45) is 0. The van der Waals surface area contributed by atoms with Crippen LogP contribution in [0.4, 0.5) is 0 Å². The molecule has 0 radical (unpaired) electrons. The predicted octanol–water partition coefficient (Wildman–Crippen LogP) is 6.05. The Balaban J connectivity index is 2.01. The van der Waals surface area contributed by atoms with Crippen molar-refractivity contribution in [2.45, 2.75) is 0 Å². The third-order valence-electron chi connectivity index (χ3n) is 2.44. The van der Waals surface area contributed by atoms with E-state index in [1.165, 1.54) is 11.3 Å². The second kappa shape index (κ2) is 5.17. The Kier molecular flexibility index (Phi) is 3.54. The second-order valence-corrected chi connectivity index (χ2v) is 5.99. The van der Waals surface area contributed by atoms with Crippen LogP contribution >= 0.6 is 46.1 Å². The Morgan fingerprint density at radius 3 is 2.63 bits per heavy atom. The summed E-state index contributed by atoms with van der Waals surface area (Å²) in [5.74, 6) is 0.476. The molecule has 6 heteroatoms. The van der Waals surface area contributed by atoms with Gasteiger partial charge in [-0.15, -0.1) is 0 Å². The van der Waals surface area contributed by atoms with Crippen molar-refractivity contribution in [2.24, 2.45) is 0 Å². The molecule has 2 nitrogen and oxygen atoms in total. The molecule has 0 aliphatic carbocycles. The molecular weight excluding hydrogens is 325 g/mol. The molecule has 96 valence electrons. The molecule has 0 bridgehead atoms. The smallest absolute Gasteiger partial charge is 0.279 e. The average Bonchev–Trinajstić information content (AvgIpc) is 2.78. The third-order valence-corrected chi connectivity index (χ3v) is 4.19. The SMILES string of the molecule is Clc1ccc(Cl)c(Oc2nc3c(Cl)cccc3s2)c1. The topological polar surface area (TPSA) is 22.1 Å². The van der Waals surface area contributed by atoms with Gasteiger partial charge in [-0.2, -0.15) is 0 Å². The number of nitrogens with zero attached hydrogens (tertiary/aromatic N) is 1. The van der Waals surface area contributed by atoms with Crippen molar-refractivity contribution in [3.8, 4) is 10.9 Å². The first-order chi connectivity index (χ1) is 9.13. The molecule has 0 N–H and O–H groups in total. The zero-order valence-corrected chi connectivity index (χ0v) is 12.4. The van der Waals surface area contributed by atoms with Gasteiger partial charge < -0.3 is 4.74 Å². The quantitative estimate of drug-likeness (QED) is 0.570. The minimum absolute atomic E-state index is 0.476. The average molecular weight is 331 g/mol. The lowest BCUT2D eigenvalue weighted by molar-refractivity contribution is 0.480. The molecule has 19 heavy (non-hydrogen) atoms. The van der Waals surface area contributed by atoms with Crippen molar-refractivity contribution < 1.29 is 4.74 Å². The minimum atomic E-state index is 0.476. The van der Waals surface area contributed by atoms with Gasteiger partial charge in [0, 0.05) is 11.1 Å². The number of hydrogen-bond acceptors (Lipinski definition) is 3. The monoisotopic (exact) mass is 329 g/mol. The lowest BCUT2D eigenvalue weighted by Gasteiger charge is -2.03. The van der Waals surface area contributed by atoms with Gasteiger partial charge >= 0.3 is 0 Å². The predicted molar refractivity (Wildman–Crippen MR) is 81.2 cm³/mol. The van der Waals surface area contributed by atoms with E-state index in [1.54, 1.807) is 24.3 Å². The Bertz CT molecular complexity index is 757. The summed E-state index contributed by atoms with van der Waals surface area (Å²) in [5, 5.41) is 2.11. The highest BCUT2D eigenvalue weighted by Crippen LogP contribution is 2.37. The summed E-state index contributed by atoms with van der Waals surface area (Å²) in [7, 11) is 0. The fraction of sp³-hybridized carbons (Fsp3) is 0. The number of para-hydroxylation sites is 1. The van der Waals surface area contributed by atoms with Crippen molar-refractivity contribution in [3.05, 3.63) is 51.5 Å². The summed E-state index contributed by atoms with van der Waals surface area (Å²) >= 11 is 19.4. The molecule has 0 saturated heterocycles. The van der Waals surface area contributed by atoms with Crippen LogP contribution in [0.25, 0.3) is 10.2 Å². The Morgan fingerprint density at radius 1 is 1.00 bits per heavy atom. The van der Waals surface area contributed by atoms with E-state index in [2.05, 4.69) is 4.98 Å². The first-order valence-corrected chi connectivity index (χ1v) is 7.26. The van der Waals surface area contributed by atoms with Crippen molar-refractivity contribution in [1.29, 1.82) is 0 Å². The van der Waals surface area contributed by atoms with E-state index in [-0.39, 0.29) is 0 Å². The van der Waals surface area contributed by atoms with Crippen LogP contribution < -0.4 is 4.74 Å². The van der Waals surface area contributed by atoms with Crippen LogP contribution in [-0.4, -0.2) is 4.98 Å². The van der Waals surface area contributed by atoms with Gasteiger partial charge in [-0.1, -0.05) is 52.2 Å². The highest BCUT2D eigenvalue weighted by atomic mass is 35.5. The summed E-state index contributed by atoms with van der Waals surface area (Å²) in [5.41, 5.74) is 0.724. The van der Waals surface area contributed by atoms with Crippen LogP contribution in [0.15, 0.2) is 36.4 Å². The van der Waals surface area contributed by atoms with Crippen molar-refractivity contribution in [3.63, 3.8) is 0 Å². The van der Waals surface area contributed by atoms with Gasteiger partial charge in [0.05, 0.1) is 14.7 Å². The van der Waals surface area contributed by atoms with Gasteiger partial charge in [0.15, 0.2) is 0 Å². The van der Waals surface area contributed by atoms with Gasteiger partial charge in [-0.3, -0.25) is 0 Å². The zero-order chi connectivity index (χ0) is 13.4. The van der Waals surface area contributed by atoms with Crippen LogP contribution in [0.1, 0.15) is 0 Å². The van der Waals surface area contributed by atoms with Gasteiger partial charge in [-0.25, -0.2) is 4.98 Å². The van der Waals surface area contributed by atoms with Crippen molar-refractivity contribution >= 4 is 56.4 Å². The van der Waals surface area contributed by atoms with Gasteiger partial charge in [-0.05, 0) is 24.3 Å². The van der Waals surface area contributed by atoms with Gasteiger partial charge in [0.2, 0.25) is 0 Å². The van der Waals surface area contributed by atoms with E-state index < -0.39 is 0 Å². The fourth-order valence-corrected chi connectivity index (χ4v) is 3.03. The Hall–Kier alpha value is -1.00. The van der Waals surface area contributed by atoms with Crippen molar-refractivity contribution in [2.75, 3.05) is 0 Å². The lowest BCUT2D eigenvalue weighted by Crippen LogP contribution is -1.84. The molecule has 0 fully saturated rings. The van der Waals surface area contributed by atoms with E-state index in [1.807, 2.05) is 12.1 Å². The standard InChI is InChI=1S/C13H6Cl3NOS/c14-7-4-5-8(15)10(6-7)18-13-17-12-9(16)2-1-3-11(12)19-13/h1-6H. The van der Waals surface area contributed by atoms with Crippen LogP contribution in [-0.2, 0) is 0 Å². The number of halogens is 3. The highest BCUT2D eigenvalue weighted by molar-refractivity contribution is 7.20. The van der Waals surface area contributed by atoms with E-state index in [4.69, 9.17) is 39.5 Å². The molecule has 0 unspecified atom stereocenters. The third kappa shape index (κ3) is 2.65. The minimum Gasteiger partial charge on any atom is -0.429 e. The van der Waals surface area contributed by atoms with Crippen LogP contribution in [0.2, 0.25) is 15.1 Å². The maximum absolute atomic E-state index is 6.07. The first kappa shape index (κ1) is 13.0. The van der Waals surface area contributed by atoms with E-state index in [0.717, 1.165) is 10.2 Å². The highest BCUT2D eigenvalue weighted by Gasteiger charge is 2.10. The normalized spacial score (nSPS) is 10.9. The van der Waals surface area contributed by atoms with Gasteiger partial charge in [0.25, 0.3) is 5.19 Å². The number of aromatic nitrogens is 1. The number of hydrogen-bond donors (Lipinski definition) is 0. The first-order valence-electron chi connectivity index (χ1n) is 5.31. The number of ether oxygens (including phenoxy) is 1. The molecule has 0 atom stereocenters. The van der Waals surface area contributed by atoms with E-state index >= 15 is 0 Å². The molecule has 0 aliphatic heterocycles. The number of rotatable bonds is 2. The van der Waals surface area contributed by atoms with E-state index in [9.17, 15) is 0 Å². The molecule has 1 heterocycles. The molecule has 0 aliphatic rings. The summed E-state index contributed by atoms with van der Waals surface area (Å²) in [6.45, 7) is 0. The number of benzene rings is 2.